The van der Waals surface area contributed by atoms with Gasteiger partial charge >= 0.3 is 0 Å². The molecule has 0 saturated carbocycles. The normalized spacial score (nSPS) is 14.0. The van der Waals surface area contributed by atoms with Crippen molar-refractivity contribution in [1.82, 2.24) is 14.9 Å². The maximum atomic E-state index is 12.7. The zero-order valence-electron chi connectivity index (χ0n) is 15.3. The van der Waals surface area contributed by atoms with Crippen molar-refractivity contribution < 1.29 is 4.79 Å². The molecular formula is C20H26N4O. The van der Waals surface area contributed by atoms with E-state index < -0.39 is 0 Å². The fourth-order valence-electron chi connectivity index (χ4n) is 3.35. The highest BCUT2D eigenvalue weighted by atomic mass is 16.2. The van der Waals surface area contributed by atoms with Gasteiger partial charge in [0.15, 0.2) is 0 Å². The van der Waals surface area contributed by atoms with Gasteiger partial charge in [0.25, 0.3) is 5.91 Å². The number of nitrogens with one attached hydrogen (secondary N) is 1. The summed E-state index contributed by atoms with van der Waals surface area (Å²) in [5.74, 6) is 1.30. The van der Waals surface area contributed by atoms with Gasteiger partial charge in [0.1, 0.15) is 17.3 Å². The summed E-state index contributed by atoms with van der Waals surface area (Å²) in [6, 6.07) is 8.13. The lowest BCUT2D eigenvalue weighted by Gasteiger charge is -2.17. The van der Waals surface area contributed by atoms with Crippen LogP contribution in [0.15, 0.2) is 24.3 Å². The molecule has 1 N–H and O–H groups in total. The Labute approximate surface area is 149 Å². The molecule has 1 aliphatic rings. The van der Waals surface area contributed by atoms with Gasteiger partial charge in [-0.05, 0) is 43.7 Å². The van der Waals surface area contributed by atoms with E-state index >= 15 is 0 Å². The first-order valence-corrected chi connectivity index (χ1v) is 9.15. The van der Waals surface area contributed by atoms with Crippen molar-refractivity contribution in [3.8, 4) is 0 Å². The van der Waals surface area contributed by atoms with E-state index in [1.54, 1.807) is 6.07 Å². The van der Waals surface area contributed by atoms with Gasteiger partial charge in [0.05, 0.1) is 0 Å². The van der Waals surface area contributed by atoms with Crippen LogP contribution in [0, 0.1) is 6.92 Å². The van der Waals surface area contributed by atoms with E-state index in [2.05, 4.69) is 47.3 Å². The van der Waals surface area contributed by atoms with E-state index in [9.17, 15) is 4.79 Å². The summed E-state index contributed by atoms with van der Waals surface area (Å²) in [5, 5.41) is 3.45. The molecule has 1 aromatic heterocycles. The van der Waals surface area contributed by atoms with Gasteiger partial charge in [-0.2, -0.15) is 0 Å². The highest BCUT2D eigenvalue weighted by molar-refractivity contribution is 5.93. The summed E-state index contributed by atoms with van der Waals surface area (Å²) < 4.78 is 0. The predicted molar refractivity (Wildman–Crippen MR) is 100 cm³/mol. The summed E-state index contributed by atoms with van der Waals surface area (Å²) in [6.07, 6.45) is 4.04. The molecule has 1 saturated heterocycles. The predicted octanol–water partition coefficient (Wildman–Crippen LogP) is 3.89. The first-order valence-electron chi connectivity index (χ1n) is 9.15. The topological polar surface area (TPSA) is 58.1 Å². The van der Waals surface area contributed by atoms with Crippen molar-refractivity contribution in [2.75, 3.05) is 18.4 Å². The molecule has 1 fully saturated rings. The summed E-state index contributed by atoms with van der Waals surface area (Å²) in [6.45, 7) is 7.77. The van der Waals surface area contributed by atoms with Crippen molar-refractivity contribution >= 4 is 17.4 Å². The molecule has 0 spiro atoms. The van der Waals surface area contributed by atoms with Gasteiger partial charge in [-0.3, -0.25) is 4.79 Å². The fraction of sp³-hybridized carbons (Fsp3) is 0.450. The molecule has 2 aromatic rings. The second-order valence-corrected chi connectivity index (χ2v) is 6.47. The zero-order chi connectivity index (χ0) is 17.8. The third-order valence-corrected chi connectivity index (χ3v) is 4.70. The summed E-state index contributed by atoms with van der Waals surface area (Å²) in [7, 11) is 0. The fourth-order valence-corrected chi connectivity index (χ4v) is 3.35. The van der Waals surface area contributed by atoms with Gasteiger partial charge in [0.2, 0.25) is 0 Å². The van der Waals surface area contributed by atoms with Gasteiger partial charge in [0, 0.05) is 24.8 Å². The molecule has 0 atom stereocenters. The molecule has 2 heterocycles. The van der Waals surface area contributed by atoms with Gasteiger partial charge in [-0.15, -0.1) is 0 Å². The molecule has 1 aliphatic heterocycles. The third kappa shape index (κ3) is 3.81. The number of carbonyl (C=O) groups is 1. The van der Waals surface area contributed by atoms with E-state index in [0.717, 1.165) is 44.5 Å². The Kier molecular flexibility index (Phi) is 5.31. The van der Waals surface area contributed by atoms with Gasteiger partial charge in [-0.1, -0.05) is 32.0 Å². The number of aromatic nitrogens is 2. The standard InChI is InChI=1S/C20H26N4O/c1-4-15-9-8-10-16(5-2)19(15)23-18-13-17(21-14(3)22-18)20(25)24-11-6-7-12-24/h8-10,13H,4-7,11-12H2,1-3H3,(H,21,22,23). The van der Waals surface area contributed by atoms with Gasteiger partial charge in [-0.25, -0.2) is 9.97 Å². The molecule has 25 heavy (non-hydrogen) atoms. The van der Waals surface area contributed by atoms with Gasteiger partial charge < -0.3 is 10.2 Å². The van der Waals surface area contributed by atoms with E-state index in [-0.39, 0.29) is 5.91 Å². The average Bonchev–Trinajstić information content (AvgIpc) is 3.15. The Bertz CT molecular complexity index is 744. The molecule has 132 valence electrons. The number of hydrogen-bond acceptors (Lipinski definition) is 4. The zero-order valence-corrected chi connectivity index (χ0v) is 15.3. The first-order chi connectivity index (χ1) is 12.1. The van der Waals surface area contributed by atoms with Crippen molar-refractivity contribution in [1.29, 1.82) is 0 Å². The van der Waals surface area contributed by atoms with E-state index in [1.165, 1.54) is 11.1 Å². The Morgan fingerprint density at radius 2 is 1.76 bits per heavy atom. The molecule has 1 aromatic carbocycles. The molecule has 5 nitrogen and oxygen atoms in total. The number of aryl methyl sites for hydroxylation is 3. The number of rotatable bonds is 5. The lowest BCUT2D eigenvalue weighted by atomic mass is 10.0. The highest BCUT2D eigenvalue weighted by Gasteiger charge is 2.21. The SMILES string of the molecule is CCc1cccc(CC)c1Nc1cc(C(=O)N2CCCC2)nc(C)n1. The largest absolute Gasteiger partial charge is 0.340 e. The smallest absolute Gasteiger partial charge is 0.272 e. The average molecular weight is 338 g/mol. The van der Waals surface area contributed by atoms with Crippen molar-refractivity contribution in [3.05, 3.63) is 46.9 Å². The van der Waals surface area contributed by atoms with E-state index in [1.807, 2.05) is 11.8 Å². The molecule has 0 aliphatic carbocycles. The van der Waals surface area contributed by atoms with E-state index in [0.29, 0.717) is 17.3 Å². The van der Waals surface area contributed by atoms with Crippen LogP contribution in [0.1, 0.15) is 54.1 Å². The van der Waals surface area contributed by atoms with Crippen LogP contribution < -0.4 is 5.32 Å². The summed E-state index contributed by atoms with van der Waals surface area (Å²) >= 11 is 0. The lowest BCUT2D eigenvalue weighted by molar-refractivity contribution is 0.0786. The second kappa shape index (κ2) is 7.64. The van der Waals surface area contributed by atoms with Crippen molar-refractivity contribution in [2.45, 2.75) is 46.5 Å². The van der Waals surface area contributed by atoms with Crippen LogP contribution in [-0.4, -0.2) is 33.9 Å². The Morgan fingerprint density at radius 1 is 1.12 bits per heavy atom. The highest BCUT2D eigenvalue weighted by Crippen LogP contribution is 2.26. The number of nitrogens with zero attached hydrogens (tertiary/aromatic N) is 3. The molecule has 1 amide bonds. The molecule has 0 unspecified atom stereocenters. The Morgan fingerprint density at radius 3 is 2.36 bits per heavy atom. The Balaban J connectivity index is 1.92. The minimum atomic E-state index is 0.00513. The monoisotopic (exact) mass is 338 g/mol. The van der Waals surface area contributed by atoms with Crippen LogP contribution in [0.5, 0.6) is 0 Å². The number of hydrogen-bond donors (Lipinski definition) is 1. The quantitative estimate of drug-likeness (QED) is 0.898. The lowest BCUT2D eigenvalue weighted by Crippen LogP contribution is -2.28. The maximum Gasteiger partial charge on any atom is 0.272 e. The number of carbonyl (C=O) groups excluding carboxylic acids is 1. The van der Waals surface area contributed by atoms with Crippen LogP contribution in [0.2, 0.25) is 0 Å². The van der Waals surface area contributed by atoms with Crippen molar-refractivity contribution in [2.24, 2.45) is 0 Å². The minimum Gasteiger partial charge on any atom is -0.340 e. The Hall–Kier alpha value is -2.43. The number of likely N-dealkylation sites (tertiary alicyclic amines) is 1. The number of para-hydroxylation sites is 1. The van der Waals surface area contributed by atoms with Crippen LogP contribution in [0.4, 0.5) is 11.5 Å². The third-order valence-electron chi connectivity index (χ3n) is 4.70. The first kappa shape index (κ1) is 17.4. The minimum absolute atomic E-state index is 0.00513. The summed E-state index contributed by atoms with van der Waals surface area (Å²) in [4.78, 5) is 23.4. The number of amides is 1. The number of benzene rings is 1. The van der Waals surface area contributed by atoms with E-state index in [4.69, 9.17) is 0 Å². The molecule has 3 rings (SSSR count). The second-order valence-electron chi connectivity index (χ2n) is 6.47. The molecule has 0 bridgehead atoms. The van der Waals surface area contributed by atoms with Crippen molar-refractivity contribution in [3.63, 3.8) is 0 Å². The van der Waals surface area contributed by atoms with Crippen LogP contribution in [0.3, 0.4) is 0 Å². The van der Waals surface area contributed by atoms with Crippen LogP contribution in [0.25, 0.3) is 0 Å². The number of anilines is 2. The molecule has 0 radical (unpaired) electrons. The molecule has 5 heteroatoms. The maximum absolute atomic E-state index is 12.7. The summed E-state index contributed by atoms with van der Waals surface area (Å²) in [5.41, 5.74) is 4.08. The molecular weight excluding hydrogens is 312 g/mol. The van der Waals surface area contributed by atoms with Crippen LogP contribution >= 0.6 is 0 Å². The van der Waals surface area contributed by atoms with Crippen LogP contribution in [-0.2, 0) is 12.8 Å².